The van der Waals surface area contributed by atoms with Gasteiger partial charge in [0.25, 0.3) is 5.91 Å². The van der Waals surface area contributed by atoms with Gasteiger partial charge in [-0.3, -0.25) is 4.79 Å². The van der Waals surface area contributed by atoms with Crippen LogP contribution in [0.4, 0.5) is 10.9 Å². The standard InChI is InChI=1S/C12H21N5OS/c1-8(2)16(3)11(18)9-10(13)15-12(19-9)17-6-4-14-5-7-17/h8,14H,4-7,13H2,1-3H3. The van der Waals surface area contributed by atoms with E-state index in [0.717, 1.165) is 31.3 Å². The topological polar surface area (TPSA) is 74.5 Å². The zero-order valence-electron chi connectivity index (χ0n) is 11.6. The van der Waals surface area contributed by atoms with E-state index in [-0.39, 0.29) is 11.9 Å². The van der Waals surface area contributed by atoms with E-state index < -0.39 is 0 Å². The molecule has 1 aromatic heterocycles. The van der Waals surface area contributed by atoms with E-state index in [1.165, 1.54) is 11.3 Å². The molecule has 6 nitrogen and oxygen atoms in total. The first-order chi connectivity index (χ1) is 9.00. The van der Waals surface area contributed by atoms with Crippen molar-refractivity contribution >= 4 is 28.2 Å². The Kier molecular flexibility index (Phi) is 4.26. The highest BCUT2D eigenvalue weighted by atomic mass is 32.1. The van der Waals surface area contributed by atoms with Gasteiger partial charge in [0, 0.05) is 39.3 Å². The summed E-state index contributed by atoms with van der Waals surface area (Å²) < 4.78 is 0. The molecular weight excluding hydrogens is 262 g/mol. The van der Waals surface area contributed by atoms with Crippen molar-refractivity contribution in [2.45, 2.75) is 19.9 Å². The molecule has 0 unspecified atom stereocenters. The Balaban J connectivity index is 2.18. The Morgan fingerprint density at radius 1 is 1.47 bits per heavy atom. The number of nitrogen functional groups attached to an aromatic ring is 1. The van der Waals surface area contributed by atoms with E-state index in [2.05, 4.69) is 15.2 Å². The van der Waals surface area contributed by atoms with E-state index >= 15 is 0 Å². The number of nitrogens with one attached hydrogen (secondary N) is 1. The molecule has 0 atom stereocenters. The first-order valence-corrected chi connectivity index (χ1v) is 7.31. The number of carbonyl (C=O) groups is 1. The molecular formula is C12H21N5OS. The minimum Gasteiger partial charge on any atom is -0.382 e. The van der Waals surface area contributed by atoms with Crippen LogP contribution in [0.2, 0.25) is 0 Å². The molecule has 3 N–H and O–H groups in total. The van der Waals surface area contributed by atoms with E-state index in [1.807, 2.05) is 13.8 Å². The maximum Gasteiger partial charge on any atom is 0.267 e. The van der Waals surface area contributed by atoms with Crippen LogP contribution in [-0.2, 0) is 0 Å². The summed E-state index contributed by atoms with van der Waals surface area (Å²) in [5.74, 6) is 0.294. The summed E-state index contributed by atoms with van der Waals surface area (Å²) in [7, 11) is 1.79. The van der Waals surface area contributed by atoms with Gasteiger partial charge in [0.05, 0.1) is 0 Å². The minimum absolute atomic E-state index is 0.0496. The number of amides is 1. The van der Waals surface area contributed by atoms with Gasteiger partial charge in [-0.25, -0.2) is 4.98 Å². The quantitative estimate of drug-likeness (QED) is 0.850. The van der Waals surface area contributed by atoms with Crippen LogP contribution in [0.25, 0.3) is 0 Å². The Bertz CT molecular complexity index is 453. The summed E-state index contributed by atoms with van der Waals surface area (Å²) in [5.41, 5.74) is 5.90. The number of hydrogen-bond donors (Lipinski definition) is 2. The third-order valence-corrected chi connectivity index (χ3v) is 4.44. The average Bonchev–Trinajstić information content (AvgIpc) is 2.80. The molecule has 1 saturated heterocycles. The van der Waals surface area contributed by atoms with Crippen LogP contribution in [0.5, 0.6) is 0 Å². The van der Waals surface area contributed by atoms with Gasteiger partial charge >= 0.3 is 0 Å². The number of nitrogens with zero attached hydrogens (tertiary/aromatic N) is 3. The summed E-state index contributed by atoms with van der Waals surface area (Å²) in [5, 5.41) is 4.14. The molecule has 0 bridgehead atoms. The second kappa shape index (κ2) is 5.75. The summed E-state index contributed by atoms with van der Waals surface area (Å²) >= 11 is 1.39. The van der Waals surface area contributed by atoms with Crippen molar-refractivity contribution in [2.75, 3.05) is 43.9 Å². The first kappa shape index (κ1) is 14.1. The SMILES string of the molecule is CC(C)N(C)C(=O)c1sc(N2CCNCC2)nc1N. The largest absolute Gasteiger partial charge is 0.382 e. The molecule has 0 saturated carbocycles. The monoisotopic (exact) mass is 283 g/mol. The zero-order chi connectivity index (χ0) is 14.0. The Morgan fingerprint density at radius 3 is 2.68 bits per heavy atom. The molecule has 1 aliphatic heterocycles. The van der Waals surface area contributed by atoms with Crippen LogP contribution in [0.15, 0.2) is 0 Å². The second-order valence-electron chi connectivity index (χ2n) is 4.96. The molecule has 0 spiro atoms. The molecule has 106 valence electrons. The van der Waals surface area contributed by atoms with Crippen molar-refractivity contribution in [1.29, 1.82) is 0 Å². The normalized spacial score (nSPS) is 15.9. The maximum absolute atomic E-state index is 12.3. The number of piperazine rings is 1. The second-order valence-corrected chi connectivity index (χ2v) is 5.94. The summed E-state index contributed by atoms with van der Waals surface area (Å²) in [6, 6.07) is 0.150. The summed E-state index contributed by atoms with van der Waals surface area (Å²) in [4.78, 5) is 21.0. The lowest BCUT2D eigenvalue weighted by atomic mass is 10.3. The molecule has 1 aliphatic rings. The van der Waals surface area contributed by atoms with Crippen LogP contribution in [0.1, 0.15) is 23.5 Å². The van der Waals surface area contributed by atoms with Crippen molar-refractivity contribution in [1.82, 2.24) is 15.2 Å². The predicted octanol–water partition coefficient (Wildman–Crippen LogP) is 0.615. The molecule has 1 fully saturated rings. The van der Waals surface area contributed by atoms with Gasteiger partial charge < -0.3 is 20.9 Å². The molecule has 0 radical (unpaired) electrons. The average molecular weight is 283 g/mol. The summed E-state index contributed by atoms with van der Waals surface area (Å²) in [6.45, 7) is 7.64. The molecule has 0 aliphatic carbocycles. The highest BCUT2D eigenvalue weighted by Gasteiger charge is 2.23. The van der Waals surface area contributed by atoms with Crippen LogP contribution in [0.3, 0.4) is 0 Å². The molecule has 2 rings (SSSR count). The zero-order valence-corrected chi connectivity index (χ0v) is 12.5. The lowest BCUT2D eigenvalue weighted by Gasteiger charge is -2.26. The summed E-state index contributed by atoms with van der Waals surface area (Å²) in [6.07, 6.45) is 0. The van der Waals surface area contributed by atoms with Gasteiger partial charge in [-0.15, -0.1) is 0 Å². The first-order valence-electron chi connectivity index (χ1n) is 6.50. The van der Waals surface area contributed by atoms with E-state index in [4.69, 9.17) is 5.73 Å². The molecule has 19 heavy (non-hydrogen) atoms. The number of nitrogens with two attached hydrogens (primary N) is 1. The van der Waals surface area contributed by atoms with Crippen LogP contribution < -0.4 is 16.0 Å². The van der Waals surface area contributed by atoms with Gasteiger partial charge in [0.2, 0.25) is 0 Å². The number of hydrogen-bond acceptors (Lipinski definition) is 6. The fraction of sp³-hybridized carbons (Fsp3) is 0.667. The highest BCUT2D eigenvalue weighted by Crippen LogP contribution is 2.29. The minimum atomic E-state index is -0.0496. The van der Waals surface area contributed by atoms with Gasteiger partial charge in [-0.05, 0) is 13.8 Å². The fourth-order valence-electron chi connectivity index (χ4n) is 1.86. The highest BCUT2D eigenvalue weighted by molar-refractivity contribution is 7.18. The van der Waals surface area contributed by atoms with Gasteiger partial charge in [-0.2, -0.15) is 0 Å². The van der Waals surface area contributed by atoms with Gasteiger partial charge in [-0.1, -0.05) is 11.3 Å². The number of anilines is 2. The fourth-order valence-corrected chi connectivity index (χ4v) is 2.88. The molecule has 7 heteroatoms. The lowest BCUT2D eigenvalue weighted by Crippen LogP contribution is -2.43. The van der Waals surface area contributed by atoms with Crippen molar-refractivity contribution in [2.24, 2.45) is 0 Å². The number of rotatable bonds is 3. The van der Waals surface area contributed by atoms with E-state index in [9.17, 15) is 4.79 Å². The molecule has 1 amide bonds. The molecule has 0 aromatic carbocycles. The maximum atomic E-state index is 12.3. The Labute approximate surface area is 117 Å². The van der Waals surface area contributed by atoms with Crippen molar-refractivity contribution in [3.8, 4) is 0 Å². The smallest absolute Gasteiger partial charge is 0.267 e. The number of aromatic nitrogens is 1. The van der Waals surface area contributed by atoms with Gasteiger partial charge in [0.15, 0.2) is 5.13 Å². The Hall–Kier alpha value is -1.34. The van der Waals surface area contributed by atoms with Crippen molar-refractivity contribution in [3.05, 3.63) is 4.88 Å². The Morgan fingerprint density at radius 2 is 2.11 bits per heavy atom. The number of carbonyl (C=O) groups excluding carboxylic acids is 1. The predicted molar refractivity (Wildman–Crippen MR) is 78.8 cm³/mol. The van der Waals surface area contributed by atoms with E-state index in [0.29, 0.717) is 10.7 Å². The lowest BCUT2D eigenvalue weighted by molar-refractivity contribution is 0.0760. The van der Waals surface area contributed by atoms with E-state index in [1.54, 1.807) is 11.9 Å². The van der Waals surface area contributed by atoms with Crippen molar-refractivity contribution in [3.63, 3.8) is 0 Å². The molecule has 1 aromatic rings. The number of thiazole rings is 1. The third-order valence-electron chi connectivity index (χ3n) is 3.32. The molecule has 2 heterocycles. The van der Waals surface area contributed by atoms with Crippen molar-refractivity contribution < 1.29 is 4.79 Å². The van der Waals surface area contributed by atoms with Crippen LogP contribution in [0, 0.1) is 0 Å². The van der Waals surface area contributed by atoms with Crippen LogP contribution in [-0.4, -0.2) is 55.1 Å². The van der Waals surface area contributed by atoms with Gasteiger partial charge in [0.1, 0.15) is 10.7 Å². The van der Waals surface area contributed by atoms with Crippen LogP contribution >= 0.6 is 11.3 Å². The third kappa shape index (κ3) is 2.98.